The second-order valence-corrected chi connectivity index (χ2v) is 14.8. The van der Waals surface area contributed by atoms with Gasteiger partial charge in [-0.25, -0.2) is 0 Å². The van der Waals surface area contributed by atoms with Crippen LogP contribution in [0.2, 0.25) is 0 Å². The van der Waals surface area contributed by atoms with E-state index in [1.54, 1.807) is 0 Å². The van der Waals surface area contributed by atoms with E-state index in [1.165, 1.54) is 33.4 Å². The molecule has 0 saturated carbocycles. The van der Waals surface area contributed by atoms with E-state index < -0.39 is 0 Å². The SMILES string of the molecule is CNCCCCOc1ccccc1Cc1ccccc1.CNCCCCOc1ccccc1Cc1ccccc1.CNCCCCOc1ccccc1Cc1ccccc1. The summed E-state index contributed by atoms with van der Waals surface area (Å²) >= 11 is 0. The van der Waals surface area contributed by atoms with Gasteiger partial charge in [0.05, 0.1) is 19.8 Å². The fourth-order valence-corrected chi connectivity index (χ4v) is 6.58. The highest BCUT2D eigenvalue weighted by atomic mass is 16.5. The zero-order valence-corrected chi connectivity index (χ0v) is 36.4. The first-order valence-corrected chi connectivity index (χ1v) is 21.9. The van der Waals surface area contributed by atoms with Crippen LogP contribution >= 0.6 is 0 Å². The van der Waals surface area contributed by atoms with E-state index >= 15 is 0 Å². The van der Waals surface area contributed by atoms with Crippen LogP contribution in [0.5, 0.6) is 17.2 Å². The third-order valence-corrected chi connectivity index (χ3v) is 9.87. The molecule has 0 radical (unpaired) electrons. The Bertz CT molecular complexity index is 1710. The number of hydrogen-bond acceptors (Lipinski definition) is 6. The van der Waals surface area contributed by atoms with Crippen molar-refractivity contribution in [1.82, 2.24) is 16.0 Å². The molecule has 0 aromatic heterocycles. The molecule has 6 rings (SSSR count). The highest BCUT2D eigenvalue weighted by Gasteiger charge is 2.06. The summed E-state index contributed by atoms with van der Waals surface area (Å²) < 4.78 is 17.8. The van der Waals surface area contributed by atoms with Crippen molar-refractivity contribution in [3.63, 3.8) is 0 Å². The second-order valence-electron chi connectivity index (χ2n) is 14.8. The van der Waals surface area contributed by atoms with Crippen molar-refractivity contribution >= 4 is 0 Å². The van der Waals surface area contributed by atoms with Crippen molar-refractivity contribution in [3.8, 4) is 17.2 Å². The molecule has 6 heteroatoms. The van der Waals surface area contributed by atoms with Gasteiger partial charge in [0.15, 0.2) is 0 Å². The van der Waals surface area contributed by atoms with Crippen LogP contribution in [0, 0.1) is 0 Å². The molecule has 60 heavy (non-hydrogen) atoms. The van der Waals surface area contributed by atoms with Gasteiger partial charge in [0.1, 0.15) is 17.2 Å². The van der Waals surface area contributed by atoms with Crippen molar-refractivity contribution in [2.75, 3.05) is 60.6 Å². The summed E-state index contributed by atoms with van der Waals surface area (Å²) in [6.07, 6.45) is 9.47. The smallest absolute Gasteiger partial charge is 0.122 e. The van der Waals surface area contributed by atoms with Gasteiger partial charge in [0.25, 0.3) is 0 Å². The normalized spacial score (nSPS) is 10.4. The first kappa shape index (κ1) is 47.3. The molecule has 6 nitrogen and oxygen atoms in total. The Hall–Kier alpha value is -5.40. The van der Waals surface area contributed by atoms with Gasteiger partial charge in [-0.3, -0.25) is 0 Å². The number of nitrogens with one attached hydrogen (secondary N) is 3. The average Bonchev–Trinajstić information content (AvgIpc) is 3.29. The molecule has 0 heterocycles. The van der Waals surface area contributed by atoms with E-state index in [9.17, 15) is 0 Å². The van der Waals surface area contributed by atoms with Crippen LogP contribution in [-0.4, -0.2) is 60.6 Å². The van der Waals surface area contributed by atoms with E-state index in [-0.39, 0.29) is 0 Å². The molecular formula is C54H69N3O3. The van der Waals surface area contributed by atoms with E-state index in [1.807, 2.05) is 57.5 Å². The van der Waals surface area contributed by atoms with E-state index in [4.69, 9.17) is 14.2 Å². The zero-order valence-electron chi connectivity index (χ0n) is 36.4. The molecule has 318 valence electrons. The van der Waals surface area contributed by atoms with Crippen molar-refractivity contribution < 1.29 is 14.2 Å². The van der Waals surface area contributed by atoms with Crippen LogP contribution in [0.1, 0.15) is 71.9 Å². The molecule has 0 aliphatic heterocycles. The molecule has 6 aromatic carbocycles. The Balaban J connectivity index is 0.000000198. The van der Waals surface area contributed by atoms with E-state index in [2.05, 4.69) is 143 Å². The molecule has 0 bridgehead atoms. The first-order valence-electron chi connectivity index (χ1n) is 21.9. The zero-order chi connectivity index (χ0) is 42.1. The van der Waals surface area contributed by atoms with Gasteiger partial charge in [0, 0.05) is 19.3 Å². The molecule has 0 amide bonds. The molecular weight excluding hydrogens is 739 g/mol. The summed E-state index contributed by atoms with van der Waals surface area (Å²) in [6, 6.07) is 56.6. The van der Waals surface area contributed by atoms with Gasteiger partial charge < -0.3 is 30.2 Å². The van der Waals surface area contributed by atoms with Gasteiger partial charge in [-0.2, -0.15) is 0 Å². The van der Waals surface area contributed by atoms with Crippen LogP contribution < -0.4 is 30.2 Å². The monoisotopic (exact) mass is 808 g/mol. The van der Waals surface area contributed by atoms with Crippen LogP contribution in [0.4, 0.5) is 0 Å². The van der Waals surface area contributed by atoms with Crippen LogP contribution in [-0.2, 0) is 19.3 Å². The Morgan fingerprint density at radius 2 is 0.550 bits per heavy atom. The highest BCUT2D eigenvalue weighted by Crippen LogP contribution is 2.24. The summed E-state index contributed by atoms with van der Waals surface area (Å²) in [5.41, 5.74) is 7.73. The van der Waals surface area contributed by atoms with Gasteiger partial charge in [0.2, 0.25) is 0 Å². The summed E-state index contributed by atoms with van der Waals surface area (Å²) in [5.74, 6) is 3.04. The topological polar surface area (TPSA) is 63.8 Å². The number of benzene rings is 6. The van der Waals surface area contributed by atoms with Gasteiger partial charge in [-0.1, -0.05) is 146 Å². The lowest BCUT2D eigenvalue weighted by atomic mass is 10.0. The molecule has 3 N–H and O–H groups in total. The average molecular weight is 808 g/mol. The molecule has 0 aliphatic rings. The lowest BCUT2D eigenvalue weighted by Crippen LogP contribution is -2.09. The third kappa shape index (κ3) is 19.6. The van der Waals surface area contributed by atoms with Crippen LogP contribution in [0.15, 0.2) is 164 Å². The van der Waals surface area contributed by atoms with Crippen molar-refractivity contribution in [2.24, 2.45) is 0 Å². The van der Waals surface area contributed by atoms with Gasteiger partial charge in [-0.15, -0.1) is 0 Å². The fraction of sp³-hybridized carbons (Fsp3) is 0.333. The third-order valence-electron chi connectivity index (χ3n) is 9.87. The summed E-state index contributed by atoms with van der Waals surface area (Å²) in [4.78, 5) is 0. The summed E-state index contributed by atoms with van der Waals surface area (Å²) in [7, 11) is 5.95. The van der Waals surface area contributed by atoms with E-state index in [0.29, 0.717) is 0 Å². The van der Waals surface area contributed by atoms with Gasteiger partial charge >= 0.3 is 0 Å². The van der Waals surface area contributed by atoms with E-state index in [0.717, 1.165) is 114 Å². The molecule has 0 fully saturated rings. The standard InChI is InChI=1S/3C18H23NO/c3*1-19-13-7-8-14-20-18-12-6-5-11-17(18)15-16-9-3-2-4-10-16/h3*2-6,9-12,19H,7-8,13-15H2,1H3. The number of unbranched alkanes of at least 4 members (excludes halogenated alkanes) is 3. The van der Waals surface area contributed by atoms with Crippen molar-refractivity contribution in [3.05, 3.63) is 197 Å². The molecule has 0 spiro atoms. The predicted octanol–water partition coefficient (Wildman–Crippen LogP) is 11.0. The number of rotatable bonds is 24. The Morgan fingerprint density at radius 3 is 0.817 bits per heavy atom. The summed E-state index contributed by atoms with van der Waals surface area (Å²) in [5, 5.41) is 9.46. The fourth-order valence-electron chi connectivity index (χ4n) is 6.58. The Labute approximate surface area is 361 Å². The minimum Gasteiger partial charge on any atom is -0.493 e. The van der Waals surface area contributed by atoms with Crippen molar-refractivity contribution in [1.29, 1.82) is 0 Å². The quantitative estimate of drug-likeness (QED) is 0.0530. The maximum atomic E-state index is 5.93. The molecule has 6 aromatic rings. The largest absolute Gasteiger partial charge is 0.493 e. The minimum absolute atomic E-state index is 0.785. The molecule has 0 saturated heterocycles. The number of ether oxygens (including phenoxy) is 3. The lowest BCUT2D eigenvalue weighted by Gasteiger charge is -2.11. The van der Waals surface area contributed by atoms with Gasteiger partial charge in [-0.05, 0) is 131 Å². The summed E-state index contributed by atoms with van der Waals surface area (Å²) in [6.45, 7) is 5.51. The second kappa shape index (κ2) is 30.6. The lowest BCUT2D eigenvalue weighted by molar-refractivity contribution is 0.304. The molecule has 0 aliphatic carbocycles. The first-order chi connectivity index (χ1) is 29.7. The van der Waals surface area contributed by atoms with Crippen LogP contribution in [0.3, 0.4) is 0 Å². The number of para-hydroxylation sites is 3. The molecule has 0 unspecified atom stereocenters. The van der Waals surface area contributed by atoms with Crippen LogP contribution in [0.25, 0.3) is 0 Å². The maximum absolute atomic E-state index is 5.93. The Morgan fingerprint density at radius 1 is 0.300 bits per heavy atom. The molecule has 0 atom stereocenters. The predicted molar refractivity (Wildman–Crippen MR) is 253 cm³/mol. The number of hydrogen-bond donors (Lipinski definition) is 3. The maximum Gasteiger partial charge on any atom is 0.122 e. The minimum atomic E-state index is 0.785. The van der Waals surface area contributed by atoms with Crippen molar-refractivity contribution in [2.45, 2.75) is 57.8 Å². The highest BCUT2D eigenvalue weighted by molar-refractivity contribution is 5.39. The Kier molecular flexibility index (Phi) is 24.1.